The normalized spacial score (nSPS) is 9.92. The summed E-state index contributed by atoms with van der Waals surface area (Å²) in [5.41, 5.74) is 0.446. The molecule has 0 aliphatic heterocycles. The zero-order chi connectivity index (χ0) is 18.6. The molecule has 0 amide bonds. The Morgan fingerprint density at radius 1 is 0.667 bits per heavy atom. The van der Waals surface area contributed by atoms with Gasteiger partial charge in [0.1, 0.15) is 11.1 Å². The Morgan fingerprint density at radius 2 is 0.917 bits per heavy atom. The molecule has 0 aliphatic rings. The van der Waals surface area contributed by atoms with E-state index in [4.69, 9.17) is 56.6 Å². The van der Waals surface area contributed by atoms with Gasteiger partial charge in [-0.25, -0.2) is 9.59 Å². The number of carbonyl (C=O) groups is 2. The van der Waals surface area contributed by atoms with Gasteiger partial charge in [0, 0.05) is 11.1 Å². The Kier molecular flexibility index (Phi) is 7.09. The van der Waals surface area contributed by atoms with Gasteiger partial charge in [0.05, 0.1) is 0 Å². The van der Waals surface area contributed by atoms with E-state index in [2.05, 4.69) is 20.4 Å². The summed E-state index contributed by atoms with van der Waals surface area (Å²) in [7, 11) is 0. The molecule has 0 unspecified atom stereocenters. The fourth-order valence-corrected chi connectivity index (χ4v) is 2.22. The predicted molar refractivity (Wildman–Crippen MR) is 87.5 cm³/mol. The van der Waals surface area contributed by atoms with Gasteiger partial charge in [0.25, 0.3) is 0 Å². The average molecular weight is 414 g/mol. The van der Waals surface area contributed by atoms with Crippen LogP contribution in [0.2, 0.25) is 20.6 Å². The molecule has 0 fully saturated rings. The third-order valence-corrected chi connectivity index (χ3v) is 3.91. The van der Waals surface area contributed by atoms with Gasteiger partial charge in [-0.15, -0.1) is 20.4 Å². The van der Waals surface area contributed by atoms with E-state index in [1.807, 2.05) is 0 Å². The minimum atomic E-state index is -1.16. The molecule has 2 aromatic heterocycles. The molecule has 0 aromatic carbocycles. The maximum atomic E-state index is 10.6. The number of rotatable bonds is 2. The first-order valence-corrected chi connectivity index (χ1v) is 7.42. The van der Waals surface area contributed by atoms with Gasteiger partial charge in [-0.3, -0.25) is 0 Å². The molecule has 0 saturated heterocycles. The number of nitrogens with zero attached hydrogens (tertiary/aromatic N) is 4. The standard InChI is InChI=1S/2C6H4Cl2N2O2/c2*1-2-3(6(11)12)5(8)10-9-4(2)7/h2*1H3,(H,11,12). The van der Waals surface area contributed by atoms with Crippen LogP contribution in [-0.2, 0) is 0 Å². The molecule has 0 spiro atoms. The first kappa shape index (κ1) is 20.3. The second-order valence-electron chi connectivity index (χ2n) is 4.17. The molecule has 128 valence electrons. The van der Waals surface area contributed by atoms with Crippen LogP contribution in [0.25, 0.3) is 0 Å². The van der Waals surface area contributed by atoms with E-state index >= 15 is 0 Å². The van der Waals surface area contributed by atoms with Crippen molar-refractivity contribution >= 4 is 58.3 Å². The lowest BCUT2D eigenvalue weighted by molar-refractivity contribution is 0.0684. The van der Waals surface area contributed by atoms with Crippen LogP contribution in [0.5, 0.6) is 0 Å². The van der Waals surface area contributed by atoms with E-state index in [0.29, 0.717) is 11.1 Å². The number of aromatic carboxylic acids is 2. The van der Waals surface area contributed by atoms with Crippen LogP contribution in [0.15, 0.2) is 0 Å². The number of halogens is 4. The van der Waals surface area contributed by atoms with Gasteiger partial charge in [0.2, 0.25) is 0 Å². The van der Waals surface area contributed by atoms with E-state index in [9.17, 15) is 9.59 Å². The molecule has 12 heteroatoms. The van der Waals surface area contributed by atoms with Crippen LogP contribution < -0.4 is 0 Å². The number of aromatic nitrogens is 4. The molecule has 0 bridgehead atoms. The smallest absolute Gasteiger partial charge is 0.339 e. The minimum absolute atomic E-state index is 0.0526. The lowest BCUT2D eigenvalue weighted by Gasteiger charge is -2.01. The third kappa shape index (κ3) is 4.64. The van der Waals surface area contributed by atoms with Crippen molar-refractivity contribution in [1.29, 1.82) is 0 Å². The van der Waals surface area contributed by atoms with Gasteiger partial charge in [-0.05, 0) is 13.8 Å². The Bertz CT molecular complexity index is 749. The molecule has 2 rings (SSSR count). The molecule has 8 nitrogen and oxygen atoms in total. The highest BCUT2D eigenvalue weighted by molar-refractivity contribution is 6.35. The first-order chi connectivity index (χ1) is 11.1. The lowest BCUT2D eigenvalue weighted by atomic mass is 10.2. The van der Waals surface area contributed by atoms with Gasteiger partial charge < -0.3 is 10.2 Å². The fourth-order valence-electron chi connectivity index (χ4n) is 1.44. The SMILES string of the molecule is Cc1c(Cl)nnc(Cl)c1C(=O)O.Cc1c(Cl)nnc(Cl)c1C(=O)O. The van der Waals surface area contributed by atoms with Crippen molar-refractivity contribution in [2.45, 2.75) is 13.8 Å². The van der Waals surface area contributed by atoms with Gasteiger partial charge in [-0.2, -0.15) is 0 Å². The second-order valence-corrected chi connectivity index (χ2v) is 5.61. The van der Waals surface area contributed by atoms with Crippen molar-refractivity contribution in [1.82, 2.24) is 20.4 Å². The highest BCUT2D eigenvalue weighted by Crippen LogP contribution is 2.22. The van der Waals surface area contributed by atoms with Crippen LogP contribution in [0.1, 0.15) is 31.8 Å². The van der Waals surface area contributed by atoms with Gasteiger partial charge >= 0.3 is 11.9 Å². The summed E-state index contributed by atoms with van der Waals surface area (Å²) >= 11 is 22.0. The maximum absolute atomic E-state index is 10.6. The molecule has 0 aliphatic carbocycles. The Labute approximate surface area is 155 Å². The summed E-state index contributed by atoms with van der Waals surface area (Å²) in [5.74, 6) is -2.32. The molecule has 0 atom stereocenters. The van der Waals surface area contributed by atoms with Crippen molar-refractivity contribution in [3.63, 3.8) is 0 Å². The average Bonchev–Trinajstić information content (AvgIpc) is 2.48. The lowest BCUT2D eigenvalue weighted by Crippen LogP contribution is -2.04. The van der Waals surface area contributed by atoms with Crippen molar-refractivity contribution < 1.29 is 19.8 Å². The summed E-state index contributed by atoms with van der Waals surface area (Å²) in [6, 6.07) is 0. The predicted octanol–water partition coefficient (Wildman–Crippen LogP) is 3.58. The van der Waals surface area contributed by atoms with E-state index < -0.39 is 11.9 Å². The topological polar surface area (TPSA) is 126 Å². The number of carboxylic acid groups (broad SMARTS) is 2. The summed E-state index contributed by atoms with van der Waals surface area (Å²) < 4.78 is 0. The van der Waals surface area contributed by atoms with Crippen molar-refractivity contribution in [2.75, 3.05) is 0 Å². The Hall–Kier alpha value is -1.74. The first-order valence-electron chi connectivity index (χ1n) is 5.91. The van der Waals surface area contributed by atoms with Crippen molar-refractivity contribution in [2.24, 2.45) is 0 Å². The maximum Gasteiger partial charge on any atom is 0.339 e. The number of carboxylic acids is 2. The Morgan fingerprint density at radius 3 is 1.12 bits per heavy atom. The molecule has 2 heterocycles. The summed E-state index contributed by atoms with van der Waals surface area (Å²) in [6.07, 6.45) is 0. The van der Waals surface area contributed by atoms with Gasteiger partial charge in [-0.1, -0.05) is 46.4 Å². The molecule has 2 aromatic rings. The zero-order valence-electron chi connectivity index (χ0n) is 12.0. The largest absolute Gasteiger partial charge is 0.478 e. The van der Waals surface area contributed by atoms with Crippen LogP contribution >= 0.6 is 46.4 Å². The quantitative estimate of drug-likeness (QED) is 0.764. The number of hydrogen-bond donors (Lipinski definition) is 2. The molecule has 0 radical (unpaired) electrons. The van der Waals surface area contributed by atoms with E-state index in [1.54, 1.807) is 0 Å². The van der Waals surface area contributed by atoms with Crippen LogP contribution in [-0.4, -0.2) is 42.5 Å². The minimum Gasteiger partial charge on any atom is -0.478 e. The van der Waals surface area contributed by atoms with Gasteiger partial charge in [0.15, 0.2) is 20.6 Å². The molecule has 24 heavy (non-hydrogen) atoms. The molecule has 0 saturated carbocycles. The van der Waals surface area contributed by atoms with E-state index in [-0.39, 0.29) is 31.7 Å². The second kappa shape index (κ2) is 8.39. The summed E-state index contributed by atoms with van der Waals surface area (Å²) in [6.45, 7) is 3.04. The fraction of sp³-hybridized carbons (Fsp3) is 0.167. The van der Waals surface area contributed by atoms with E-state index in [1.165, 1.54) is 13.8 Å². The van der Waals surface area contributed by atoms with Crippen LogP contribution in [0, 0.1) is 13.8 Å². The molecular weight excluding hydrogens is 406 g/mol. The summed E-state index contributed by atoms with van der Waals surface area (Å²) in [5, 5.41) is 30.7. The van der Waals surface area contributed by atoms with Crippen LogP contribution in [0.3, 0.4) is 0 Å². The number of hydrogen-bond acceptors (Lipinski definition) is 6. The third-order valence-electron chi connectivity index (χ3n) is 2.66. The monoisotopic (exact) mass is 412 g/mol. The Balaban J connectivity index is 0.000000240. The highest BCUT2D eigenvalue weighted by Gasteiger charge is 2.17. The van der Waals surface area contributed by atoms with Crippen LogP contribution in [0.4, 0.5) is 0 Å². The molecule has 2 N–H and O–H groups in total. The molecular formula is C12H8Cl4N4O4. The highest BCUT2D eigenvalue weighted by atomic mass is 35.5. The van der Waals surface area contributed by atoms with Crippen molar-refractivity contribution in [3.05, 3.63) is 42.9 Å². The van der Waals surface area contributed by atoms with E-state index in [0.717, 1.165) is 0 Å². The zero-order valence-corrected chi connectivity index (χ0v) is 15.0. The van der Waals surface area contributed by atoms with Crippen molar-refractivity contribution in [3.8, 4) is 0 Å². The summed E-state index contributed by atoms with van der Waals surface area (Å²) in [4.78, 5) is 21.2.